The molecule has 22 heavy (non-hydrogen) atoms. The standard InChI is InChI=1S/C18H20N2O2/c1-22-16-10-6-13(7-11-16)17(12-2-3-12)20-18(21)14-4-8-15(19)9-5-14/h4-12,17H,2-3,19H2,1H3,(H,20,21). The monoisotopic (exact) mass is 296 g/mol. The molecule has 2 aromatic rings. The lowest BCUT2D eigenvalue weighted by molar-refractivity contribution is 0.0931. The van der Waals surface area contributed by atoms with Crippen molar-refractivity contribution in [2.24, 2.45) is 5.92 Å². The Labute approximate surface area is 130 Å². The van der Waals surface area contributed by atoms with Crippen molar-refractivity contribution in [3.8, 4) is 5.75 Å². The molecule has 4 nitrogen and oxygen atoms in total. The number of hydrogen-bond donors (Lipinski definition) is 2. The number of hydrogen-bond acceptors (Lipinski definition) is 3. The summed E-state index contributed by atoms with van der Waals surface area (Å²) in [6, 6.07) is 14.9. The number of amides is 1. The van der Waals surface area contributed by atoms with E-state index in [2.05, 4.69) is 5.32 Å². The lowest BCUT2D eigenvalue weighted by atomic mass is 10.0. The number of nitrogen functional groups attached to an aromatic ring is 1. The predicted octanol–water partition coefficient (Wildman–Crippen LogP) is 3.16. The van der Waals surface area contributed by atoms with Crippen molar-refractivity contribution in [1.29, 1.82) is 0 Å². The fourth-order valence-electron chi connectivity index (χ4n) is 2.57. The van der Waals surface area contributed by atoms with Crippen molar-refractivity contribution in [1.82, 2.24) is 5.32 Å². The van der Waals surface area contributed by atoms with E-state index in [1.807, 2.05) is 24.3 Å². The quantitative estimate of drug-likeness (QED) is 0.833. The summed E-state index contributed by atoms with van der Waals surface area (Å²) in [6.07, 6.45) is 2.30. The molecule has 0 aliphatic heterocycles. The van der Waals surface area contributed by atoms with E-state index < -0.39 is 0 Å². The highest BCUT2D eigenvalue weighted by molar-refractivity contribution is 5.94. The second-order valence-electron chi connectivity index (χ2n) is 5.68. The first-order chi connectivity index (χ1) is 10.7. The minimum atomic E-state index is -0.0623. The summed E-state index contributed by atoms with van der Waals surface area (Å²) in [6.45, 7) is 0. The summed E-state index contributed by atoms with van der Waals surface area (Å²) in [5, 5.41) is 3.15. The van der Waals surface area contributed by atoms with Gasteiger partial charge in [-0.25, -0.2) is 0 Å². The maximum atomic E-state index is 12.4. The summed E-state index contributed by atoms with van der Waals surface area (Å²) in [5.41, 5.74) is 8.07. The van der Waals surface area contributed by atoms with Crippen molar-refractivity contribution in [2.75, 3.05) is 12.8 Å². The molecule has 4 heteroatoms. The number of nitrogens with two attached hydrogens (primary N) is 1. The molecule has 1 amide bonds. The topological polar surface area (TPSA) is 64.3 Å². The van der Waals surface area contributed by atoms with Crippen molar-refractivity contribution < 1.29 is 9.53 Å². The molecule has 1 unspecified atom stereocenters. The number of nitrogens with one attached hydrogen (secondary N) is 1. The maximum absolute atomic E-state index is 12.4. The smallest absolute Gasteiger partial charge is 0.251 e. The number of benzene rings is 2. The summed E-state index contributed by atoms with van der Waals surface area (Å²) in [4.78, 5) is 12.4. The summed E-state index contributed by atoms with van der Waals surface area (Å²) in [7, 11) is 1.65. The van der Waals surface area contributed by atoms with Gasteiger partial charge in [-0.15, -0.1) is 0 Å². The molecular formula is C18H20N2O2. The molecule has 2 aromatic carbocycles. The zero-order chi connectivity index (χ0) is 15.5. The van der Waals surface area contributed by atoms with Crippen LogP contribution in [0.4, 0.5) is 5.69 Å². The van der Waals surface area contributed by atoms with Crippen molar-refractivity contribution in [3.05, 3.63) is 59.7 Å². The highest BCUT2D eigenvalue weighted by atomic mass is 16.5. The molecule has 114 valence electrons. The summed E-state index contributed by atoms with van der Waals surface area (Å²) in [5.74, 6) is 1.28. The minimum absolute atomic E-state index is 0.0518. The van der Waals surface area contributed by atoms with E-state index >= 15 is 0 Å². The van der Waals surface area contributed by atoms with Crippen LogP contribution in [0.3, 0.4) is 0 Å². The van der Waals surface area contributed by atoms with E-state index in [1.165, 1.54) is 0 Å². The van der Waals surface area contributed by atoms with Crippen LogP contribution in [0.5, 0.6) is 5.75 Å². The van der Waals surface area contributed by atoms with Gasteiger partial charge in [-0.3, -0.25) is 4.79 Å². The Bertz CT molecular complexity index is 646. The van der Waals surface area contributed by atoms with E-state index in [0.29, 0.717) is 17.2 Å². The van der Waals surface area contributed by atoms with E-state index in [9.17, 15) is 4.79 Å². The molecular weight excluding hydrogens is 276 g/mol. The SMILES string of the molecule is COc1ccc(C(NC(=O)c2ccc(N)cc2)C2CC2)cc1. The van der Waals surface area contributed by atoms with Gasteiger partial charge in [0, 0.05) is 11.3 Å². The van der Waals surface area contributed by atoms with E-state index in [1.54, 1.807) is 31.4 Å². The highest BCUT2D eigenvalue weighted by Gasteiger charge is 2.33. The zero-order valence-electron chi connectivity index (χ0n) is 12.6. The molecule has 3 N–H and O–H groups in total. The second kappa shape index (κ2) is 6.10. The van der Waals surface area contributed by atoms with Crippen LogP contribution in [0.15, 0.2) is 48.5 Å². The van der Waals surface area contributed by atoms with Crippen molar-refractivity contribution >= 4 is 11.6 Å². The fourth-order valence-corrected chi connectivity index (χ4v) is 2.57. The number of methoxy groups -OCH3 is 1. The maximum Gasteiger partial charge on any atom is 0.251 e. The van der Waals surface area contributed by atoms with Crippen LogP contribution < -0.4 is 15.8 Å². The van der Waals surface area contributed by atoms with E-state index in [4.69, 9.17) is 10.5 Å². The molecule has 0 bridgehead atoms. The lowest BCUT2D eigenvalue weighted by Crippen LogP contribution is -2.29. The van der Waals surface area contributed by atoms with Gasteiger partial charge in [-0.1, -0.05) is 12.1 Å². The molecule has 0 saturated heterocycles. The van der Waals surface area contributed by atoms with Gasteiger partial charge in [0.05, 0.1) is 13.2 Å². The Kier molecular flexibility index (Phi) is 4.00. The van der Waals surface area contributed by atoms with Gasteiger partial charge in [0.15, 0.2) is 0 Å². The van der Waals surface area contributed by atoms with Gasteiger partial charge in [0.1, 0.15) is 5.75 Å². The number of ether oxygens (including phenoxy) is 1. The third-order valence-electron chi connectivity index (χ3n) is 4.03. The fraction of sp³-hybridized carbons (Fsp3) is 0.278. The molecule has 1 atom stereocenters. The van der Waals surface area contributed by atoms with Crippen molar-refractivity contribution in [2.45, 2.75) is 18.9 Å². The molecule has 3 rings (SSSR count). The van der Waals surface area contributed by atoms with E-state index in [-0.39, 0.29) is 11.9 Å². The molecule has 1 aliphatic carbocycles. The Balaban J connectivity index is 1.76. The molecule has 1 fully saturated rings. The van der Waals surface area contributed by atoms with Gasteiger partial charge < -0.3 is 15.8 Å². The molecule has 0 radical (unpaired) electrons. The Morgan fingerprint density at radius 2 is 1.77 bits per heavy atom. The number of carbonyl (C=O) groups excluding carboxylic acids is 1. The highest BCUT2D eigenvalue weighted by Crippen LogP contribution is 2.41. The van der Waals surface area contributed by atoms with Gasteiger partial charge in [-0.05, 0) is 60.7 Å². The zero-order valence-corrected chi connectivity index (χ0v) is 12.6. The second-order valence-corrected chi connectivity index (χ2v) is 5.68. The summed E-state index contributed by atoms with van der Waals surface area (Å²) < 4.78 is 5.19. The number of rotatable bonds is 5. The van der Waals surface area contributed by atoms with Crippen molar-refractivity contribution in [3.63, 3.8) is 0 Å². The third-order valence-corrected chi connectivity index (χ3v) is 4.03. The van der Waals surface area contributed by atoms with Crippen LogP contribution in [0.1, 0.15) is 34.8 Å². The molecule has 1 saturated carbocycles. The van der Waals surface area contributed by atoms with Crippen LogP contribution in [0.25, 0.3) is 0 Å². The van der Waals surface area contributed by atoms with Gasteiger partial charge in [0.2, 0.25) is 0 Å². The van der Waals surface area contributed by atoms with Crippen LogP contribution in [0.2, 0.25) is 0 Å². The molecule has 1 aliphatic rings. The molecule has 0 spiro atoms. The normalized spacial score (nSPS) is 15.1. The van der Waals surface area contributed by atoms with Gasteiger partial charge >= 0.3 is 0 Å². The third kappa shape index (κ3) is 3.22. The Morgan fingerprint density at radius 1 is 1.14 bits per heavy atom. The average Bonchev–Trinajstić information content (AvgIpc) is 3.38. The van der Waals surface area contributed by atoms with Gasteiger partial charge in [0.25, 0.3) is 5.91 Å². The van der Waals surface area contributed by atoms with E-state index in [0.717, 1.165) is 24.2 Å². The first kappa shape index (κ1) is 14.4. The molecule has 0 aromatic heterocycles. The van der Waals surface area contributed by atoms with Crippen LogP contribution in [-0.2, 0) is 0 Å². The Morgan fingerprint density at radius 3 is 2.32 bits per heavy atom. The van der Waals surface area contributed by atoms with Crippen LogP contribution in [-0.4, -0.2) is 13.0 Å². The lowest BCUT2D eigenvalue weighted by Gasteiger charge is -2.19. The summed E-state index contributed by atoms with van der Waals surface area (Å²) >= 11 is 0. The first-order valence-corrected chi connectivity index (χ1v) is 7.48. The minimum Gasteiger partial charge on any atom is -0.497 e. The Hall–Kier alpha value is -2.49. The number of anilines is 1. The average molecular weight is 296 g/mol. The largest absolute Gasteiger partial charge is 0.497 e. The number of carbonyl (C=O) groups is 1. The molecule has 0 heterocycles. The van der Waals surface area contributed by atoms with Gasteiger partial charge in [-0.2, -0.15) is 0 Å². The van der Waals surface area contributed by atoms with Crippen LogP contribution >= 0.6 is 0 Å². The van der Waals surface area contributed by atoms with Crippen LogP contribution in [0, 0.1) is 5.92 Å². The first-order valence-electron chi connectivity index (χ1n) is 7.48. The predicted molar refractivity (Wildman–Crippen MR) is 86.8 cm³/mol.